The van der Waals surface area contributed by atoms with Crippen LogP contribution in [0.4, 0.5) is 0 Å². The van der Waals surface area contributed by atoms with Crippen molar-refractivity contribution >= 4 is 5.97 Å². The van der Waals surface area contributed by atoms with Crippen LogP contribution < -0.4 is 5.32 Å². The van der Waals surface area contributed by atoms with Crippen LogP contribution in [0.1, 0.15) is 46.5 Å². The van der Waals surface area contributed by atoms with Gasteiger partial charge in [-0.2, -0.15) is 0 Å². The SMILES string of the molecule is COC(=O)C(C)(C)CNCC1(C)CCCC1. The van der Waals surface area contributed by atoms with Crippen molar-refractivity contribution in [2.45, 2.75) is 46.5 Å². The Morgan fingerprint density at radius 2 is 1.94 bits per heavy atom. The molecule has 1 N–H and O–H groups in total. The molecule has 0 aromatic heterocycles. The third-order valence-corrected chi connectivity index (χ3v) is 3.67. The molecule has 1 rings (SSSR count). The molecule has 0 bridgehead atoms. The number of nitrogens with one attached hydrogen (secondary N) is 1. The molecule has 0 amide bonds. The first-order valence-electron chi connectivity index (χ1n) is 6.19. The van der Waals surface area contributed by atoms with Gasteiger partial charge in [0.25, 0.3) is 0 Å². The molecule has 0 unspecified atom stereocenters. The summed E-state index contributed by atoms with van der Waals surface area (Å²) >= 11 is 0. The summed E-state index contributed by atoms with van der Waals surface area (Å²) in [6, 6.07) is 0. The van der Waals surface area contributed by atoms with Gasteiger partial charge in [-0.15, -0.1) is 0 Å². The number of esters is 1. The van der Waals surface area contributed by atoms with Crippen LogP contribution in [0, 0.1) is 10.8 Å². The van der Waals surface area contributed by atoms with Gasteiger partial charge < -0.3 is 10.1 Å². The Labute approximate surface area is 98.9 Å². The highest BCUT2D eigenvalue weighted by atomic mass is 16.5. The highest BCUT2D eigenvalue weighted by Crippen LogP contribution is 2.36. The molecule has 1 fully saturated rings. The van der Waals surface area contributed by atoms with Crippen molar-refractivity contribution in [2.75, 3.05) is 20.2 Å². The van der Waals surface area contributed by atoms with E-state index in [1.54, 1.807) is 0 Å². The number of hydrogen-bond donors (Lipinski definition) is 1. The standard InChI is InChI=1S/C13H25NO2/c1-12(2,11(15)16-4)9-14-10-13(3)7-5-6-8-13/h14H,5-10H2,1-4H3. The van der Waals surface area contributed by atoms with E-state index >= 15 is 0 Å². The van der Waals surface area contributed by atoms with E-state index in [9.17, 15) is 4.79 Å². The van der Waals surface area contributed by atoms with Crippen LogP contribution >= 0.6 is 0 Å². The van der Waals surface area contributed by atoms with E-state index in [0.29, 0.717) is 12.0 Å². The van der Waals surface area contributed by atoms with Crippen LogP contribution in [-0.4, -0.2) is 26.2 Å². The van der Waals surface area contributed by atoms with Gasteiger partial charge in [-0.1, -0.05) is 19.8 Å². The smallest absolute Gasteiger partial charge is 0.312 e. The predicted molar refractivity (Wildman–Crippen MR) is 65.2 cm³/mol. The van der Waals surface area contributed by atoms with Gasteiger partial charge >= 0.3 is 5.97 Å². The van der Waals surface area contributed by atoms with Crippen molar-refractivity contribution in [2.24, 2.45) is 10.8 Å². The van der Waals surface area contributed by atoms with Crippen molar-refractivity contribution in [1.29, 1.82) is 0 Å². The van der Waals surface area contributed by atoms with E-state index in [2.05, 4.69) is 12.2 Å². The van der Waals surface area contributed by atoms with Crippen LogP contribution in [0.5, 0.6) is 0 Å². The second-order valence-corrected chi connectivity index (χ2v) is 6.00. The number of carbonyl (C=O) groups excluding carboxylic acids is 1. The number of hydrogen-bond acceptors (Lipinski definition) is 3. The Morgan fingerprint density at radius 3 is 2.44 bits per heavy atom. The minimum Gasteiger partial charge on any atom is -0.469 e. The lowest BCUT2D eigenvalue weighted by molar-refractivity contribution is -0.150. The van der Waals surface area contributed by atoms with Crippen LogP contribution in [0.25, 0.3) is 0 Å². The fraction of sp³-hybridized carbons (Fsp3) is 0.923. The Bertz CT molecular complexity index is 242. The topological polar surface area (TPSA) is 38.3 Å². The largest absolute Gasteiger partial charge is 0.469 e. The second-order valence-electron chi connectivity index (χ2n) is 6.00. The third kappa shape index (κ3) is 3.48. The average Bonchev–Trinajstić information content (AvgIpc) is 2.63. The van der Waals surface area contributed by atoms with Gasteiger partial charge in [-0.05, 0) is 32.1 Å². The number of ether oxygens (including phenoxy) is 1. The summed E-state index contributed by atoms with van der Waals surface area (Å²) in [6.45, 7) is 7.87. The molecule has 3 nitrogen and oxygen atoms in total. The van der Waals surface area contributed by atoms with Crippen LogP contribution in [0.2, 0.25) is 0 Å². The normalized spacial score (nSPS) is 19.8. The fourth-order valence-electron chi connectivity index (χ4n) is 2.43. The molecule has 0 heterocycles. The molecule has 0 radical (unpaired) electrons. The van der Waals surface area contributed by atoms with E-state index in [1.807, 2.05) is 13.8 Å². The summed E-state index contributed by atoms with van der Waals surface area (Å²) in [5, 5.41) is 3.42. The molecule has 16 heavy (non-hydrogen) atoms. The zero-order valence-electron chi connectivity index (χ0n) is 11.1. The van der Waals surface area contributed by atoms with E-state index < -0.39 is 5.41 Å². The molecule has 1 aliphatic carbocycles. The van der Waals surface area contributed by atoms with Crippen molar-refractivity contribution in [1.82, 2.24) is 5.32 Å². The van der Waals surface area contributed by atoms with Gasteiger partial charge in [0.2, 0.25) is 0 Å². The van der Waals surface area contributed by atoms with E-state index in [4.69, 9.17) is 4.74 Å². The molecule has 0 aliphatic heterocycles. The first-order valence-corrected chi connectivity index (χ1v) is 6.19. The fourth-order valence-corrected chi connectivity index (χ4v) is 2.43. The number of carbonyl (C=O) groups is 1. The lowest BCUT2D eigenvalue weighted by Gasteiger charge is -2.27. The molecule has 1 saturated carbocycles. The molecule has 3 heteroatoms. The highest BCUT2D eigenvalue weighted by molar-refractivity contribution is 5.76. The maximum absolute atomic E-state index is 11.5. The predicted octanol–water partition coefficient (Wildman–Crippen LogP) is 2.36. The zero-order valence-corrected chi connectivity index (χ0v) is 11.1. The maximum Gasteiger partial charge on any atom is 0.312 e. The van der Waals surface area contributed by atoms with Crippen molar-refractivity contribution in [3.63, 3.8) is 0 Å². The first kappa shape index (κ1) is 13.5. The highest BCUT2D eigenvalue weighted by Gasteiger charge is 2.31. The number of rotatable bonds is 5. The maximum atomic E-state index is 11.5. The summed E-state index contributed by atoms with van der Waals surface area (Å²) in [6.07, 6.45) is 5.30. The summed E-state index contributed by atoms with van der Waals surface area (Å²) in [4.78, 5) is 11.5. The van der Waals surface area contributed by atoms with Gasteiger partial charge in [0.05, 0.1) is 12.5 Å². The Balaban J connectivity index is 2.31. The van der Waals surface area contributed by atoms with Crippen LogP contribution in [0.3, 0.4) is 0 Å². The third-order valence-electron chi connectivity index (χ3n) is 3.67. The molecule has 0 spiro atoms. The van der Waals surface area contributed by atoms with Gasteiger partial charge in [0.15, 0.2) is 0 Å². The number of methoxy groups -OCH3 is 1. The van der Waals surface area contributed by atoms with Crippen molar-refractivity contribution < 1.29 is 9.53 Å². The summed E-state index contributed by atoms with van der Waals surface area (Å²) in [7, 11) is 1.45. The Hall–Kier alpha value is -0.570. The monoisotopic (exact) mass is 227 g/mol. The quantitative estimate of drug-likeness (QED) is 0.733. The van der Waals surface area contributed by atoms with E-state index in [1.165, 1.54) is 32.8 Å². The molecule has 0 aromatic carbocycles. The van der Waals surface area contributed by atoms with E-state index in [-0.39, 0.29) is 5.97 Å². The van der Waals surface area contributed by atoms with Gasteiger partial charge in [-0.25, -0.2) is 0 Å². The van der Waals surface area contributed by atoms with Gasteiger partial charge in [0.1, 0.15) is 0 Å². The molecule has 0 atom stereocenters. The van der Waals surface area contributed by atoms with E-state index in [0.717, 1.165) is 6.54 Å². The molecule has 0 aromatic rings. The van der Waals surface area contributed by atoms with Gasteiger partial charge in [-0.3, -0.25) is 4.79 Å². The van der Waals surface area contributed by atoms with Gasteiger partial charge in [0, 0.05) is 13.1 Å². The summed E-state index contributed by atoms with van der Waals surface area (Å²) in [5.74, 6) is -0.142. The lowest BCUT2D eigenvalue weighted by Crippen LogP contribution is -2.40. The molecule has 1 aliphatic rings. The molecule has 0 saturated heterocycles. The summed E-state index contributed by atoms with van der Waals surface area (Å²) < 4.78 is 4.78. The second kappa shape index (κ2) is 5.17. The Morgan fingerprint density at radius 1 is 1.38 bits per heavy atom. The first-order chi connectivity index (χ1) is 7.40. The Kier molecular flexibility index (Phi) is 4.36. The minimum absolute atomic E-state index is 0.142. The zero-order chi connectivity index (χ0) is 12.2. The lowest BCUT2D eigenvalue weighted by atomic mass is 9.87. The summed E-state index contributed by atoms with van der Waals surface area (Å²) in [5.41, 5.74) is 0.00984. The molecular formula is C13H25NO2. The van der Waals surface area contributed by atoms with Crippen molar-refractivity contribution in [3.8, 4) is 0 Å². The van der Waals surface area contributed by atoms with Crippen LogP contribution in [0.15, 0.2) is 0 Å². The molecule has 94 valence electrons. The van der Waals surface area contributed by atoms with Crippen molar-refractivity contribution in [3.05, 3.63) is 0 Å². The average molecular weight is 227 g/mol. The van der Waals surface area contributed by atoms with Crippen LogP contribution in [-0.2, 0) is 9.53 Å². The molecular weight excluding hydrogens is 202 g/mol. The minimum atomic E-state index is -0.427.